The quantitative estimate of drug-likeness (QED) is 0.837. The lowest BCUT2D eigenvalue weighted by atomic mass is 10.1. The molecular formula is C14H19BrFN3S. The number of anilines is 1. The standard InChI is InChI=1S/C14H19BrFN3S/c1-2-5-18-6-8-19(9-7-18)11-4-3-10(14(17)20)12(15)13(11)16/h3-4H,2,5-9H2,1H3,(H2,17,20). The number of hydrogen-bond acceptors (Lipinski definition) is 3. The lowest BCUT2D eigenvalue weighted by molar-refractivity contribution is 0.258. The Bertz CT molecular complexity index is 501. The van der Waals surface area contributed by atoms with E-state index < -0.39 is 0 Å². The van der Waals surface area contributed by atoms with Crippen LogP contribution in [-0.2, 0) is 0 Å². The molecule has 0 spiro atoms. The molecule has 0 aliphatic carbocycles. The van der Waals surface area contributed by atoms with Crippen molar-refractivity contribution >= 4 is 38.8 Å². The fourth-order valence-electron chi connectivity index (χ4n) is 2.50. The minimum atomic E-state index is -0.278. The fraction of sp³-hybridized carbons (Fsp3) is 0.500. The molecule has 1 fully saturated rings. The van der Waals surface area contributed by atoms with Gasteiger partial charge in [0.15, 0.2) is 5.82 Å². The van der Waals surface area contributed by atoms with Crippen LogP contribution in [0.1, 0.15) is 18.9 Å². The lowest BCUT2D eigenvalue weighted by Gasteiger charge is -2.36. The Morgan fingerprint density at radius 1 is 1.35 bits per heavy atom. The van der Waals surface area contributed by atoms with Crippen LogP contribution in [0.2, 0.25) is 0 Å². The van der Waals surface area contributed by atoms with Crippen LogP contribution in [0.5, 0.6) is 0 Å². The minimum absolute atomic E-state index is 0.204. The number of nitrogens with two attached hydrogens (primary N) is 1. The highest BCUT2D eigenvalue weighted by Gasteiger charge is 2.21. The summed E-state index contributed by atoms with van der Waals surface area (Å²) < 4.78 is 14.8. The van der Waals surface area contributed by atoms with Crippen molar-refractivity contribution in [2.75, 3.05) is 37.6 Å². The maximum Gasteiger partial charge on any atom is 0.161 e. The van der Waals surface area contributed by atoms with Crippen molar-refractivity contribution in [3.8, 4) is 0 Å². The molecule has 1 aromatic rings. The van der Waals surface area contributed by atoms with Gasteiger partial charge in [-0.05, 0) is 41.0 Å². The van der Waals surface area contributed by atoms with Gasteiger partial charge in [0.2, 0.25) is 0 Å². The Hall–Kier alpha value is -0.720. The average molecular weight is 360 g/mol. The first-order valence-electron chi connectivity index (χ1n) is 6.79. The second-order valence-corrected chi connectivity index (χ2v) is 6.19. The molecule has 0 saturated carbocycles. The maximum atomic E-state index is 14.4. The summed E-state index contributed by atoms with van der Waals surface area (Å²) in [5.41, 5.74) is 6.74. The number of piperazine rings is 1. The predicted molar refractivity (Wildman–Crippen MR) is 88.9 cm³/mol. The molecule has 0 amide bonds. The molecule has 1 aliphatic rings. The molecule has 6 heteroatoms. The first-order valence-corrected chi connectivity index (χ1v) is 7.99. The van der Waals surface area contributed by atoms with Gasteiger partial charge in [-0.2, -0.15) is 0 Å². The predicted octanol–water partition coefficient (Wildman–Crippen LogP) is 2.75. The van der Waals surface area contributed by atoms with Crippen molar-refractivity contribution in [1.29, 1.82) is 0 Å². The Morgan fingerprint density at radius 3 is 2.55 bits per heavy atom. The molecule has 1 aliphatic heterocycles. The van der Waals surface area contributed by atoms with Gasteiger partial charge >= 0.3 is 0 Å². The van der Waals surface area contributed by atoms with Crippen molar-refractivity contribution in [3.63, 3.8) is 0 Å². The lowest BCUT2D eigenvalue weighted by Crippen LogP contribution is -2.46. The Kier molecular flexibility index (Phi) is 5.35. The second-order valence-electron chi connectivity index (χ2n) is 4.95. The summed E-state index contributed by atoms with van der Waals surface area (Å²) in [4.78, 5) is 4.69. The summed E-state index contributed by atoms with van der Waals surface area (Å²) >= 11 is 8.17. The van der Waals surface area contributed by atoms with E-state index in [0.29, 0.717) is 15.7 Å². The second kappa shape index (κ2) is 6.83. The molecule has 20 heavy (non-hydrogen) atoms. The minimum Gasteiger partial charge on any atom is -0.389 e. The highest BCUT2D eigenvalue weighted by atomic mass is 79.9. The summed E-state index contributed by atoms with van der Waals surface area (Å²) in [6.45, 7) is 6.92. The molecule has 0 radical (unpaired) electrons. The highest BCUT2D eigenvalue weighted by Crippen LogP contribution is 2.30. The Morgan fingerprint density at radius 2 is 2.00 bits per heavy atom. The Labute approximate surface area is 133 Å². The third-order valence-electron chi connectivity index (χ3n) is 3.58. The fourth-order valence-corrected chi connectivity index (χ4v) is 3.35. The summed E-state index contributed by atoms with van der Waals surface area (Å²) in [7, 11) is 0. The number of hydrogen-bond donors (Lipinski definition) is 1. The third kappa shape index (κ3) is 3.30. The van der Waals surface area contributed by atoms with Crippen molar-refractivity contribution in [1.82, 2.24) is 4.90 Å². The number of halogens is 2. The average Bonchev–Trinajstić information content (AvgIpc) is 2.43. The zero-order chi connectivity index (χ0) is 14.7. The monoisotopic (exact) mass is 359 g/mol. The molecule has 0 unspecified atom stereocenters. The first kappa shape index (κ1) is 15.7. The van der Waals surface area contributed by atoms with Crippen LogP contribution >= 0.6 is 28.1 Å². The van der Waals surface area contributed by atoms with Crippen molar-refractivity contribution in [2.24, 2.45) is 5.73 Å². The molecule has 3 nitrogen and oxygen atoms in total. The smallest absolute Gasteiger partial charge is 0.161 e. The van der Waals surface area contributed by atoms with Crippen LogP contribution in [0.3, 0.4) is 0 Å². The zero-order valence-corrected chi connectivity index (χ0v) is 13.9. The van der Waals surface area contributed by atoms with E-state index in [0.717, 1.165) is 39.1 Å². The number of rotatable bonds is 4. The van der Waals surface area contributed by atoms with E-state index in [1.54, 1.807) is 12.1 Å². The van der Waals surface area contributed by atoms with Crippen molar-refractivity contribution < 1.29 is 4.39 Å². The first-order chi connectivity index (χ1) is 9.54. The topological polar surface area (TPSA) is 32.5 Å². The van der Waals surface area contributed by atoms with Crippen LogP contribution in [0.15, 0.2) is 16.6 Å². The van der Waals surface area contributed by atoms with Gasteiger partial charge in [-0.15, -0.1) is 0 Å². The normalized spacial score (nSPS) is 16.4. The maximum absolute atomic E-state index is 14.4. The van der Waals surface area contributed by atoms with E-state index in [2.05, 4.69) is 32.7 Å². The SMILES string of the molecule is CCCN1CCN(c2ccc(C(N)=S)c(Br)c2F)CC1. The summed E-state index contributed by atoms with van der Waals surface area (Å²) in [6, 6.07) is 3.55. The molecule has 0 atom stereocenters. The summed E-state index contributed by atoms with van der Waals surface area (Å²) in [5.74, 6) is -0.278. The van der Waals surface area contributed by atoms with Crippen LogP contribution in [0.4, 0.5) is 10.1 Å². The van der Waals surface area contributed by atoms with E-state index >= 15 is 0 Å². The van der Waals surface area contributed by atoms with Crippen LogP contribution in [-0.4, -0.2) is 42.6 Å². The molecule has 1 saturated heterocycles. The highest BCUT2D eigenvalue weighted by molar-refractivity contribution is 9.10. The van der Waals surface area contributed by atoms with Gasteiger partial charge in [0.05, 0.1) is 10.2 Å². The van der Waals surface area contributed by atoms with Gasteiger partial charge in [-0.25, -0.2) is 4.39 Å². The van der Waals surface area contributed by atoms with Crippen molar-refractivity contribution in [2.45, 2.75) is 13.3 Å². The summed E-state index contributed by atoms with van der Waals surface area (Å²) in [6.07, 6.45) is 1.16. The largest absolute Gasteiger partial charge is 0.389 e. The molecule has 1 heterocycles. The van der Waals surface area contributed by atoms with Gasteiger partial charge in [0.1, 0.15) is 4.99 Å². The van der Waals surface area contributed by atoms with Gasteiger partial charge in [-0.1, -0.05) is 19.1 Å². The molecule has 0 aromatic heterocycles. The number of thiocarbonyl (C=S) groups is 1. The molecular weight excluding hydrogens is 341 g/mol. The van der Waals surface area contributed by atoms with Crippen LogP contribution in [0, 0.1) is 5.82 Å². The molecule has 0 bridgehead atoms. The van der Waals surface area contributed by atoms with Gasteiger partial charge in [0.25, 0.3) is 0 Å². The van der Waals surface area contributed by atoms with E-state index in [-0.39, 0.29) is 10.8 Å². The third-order valence-corrected chi connectivity index (χ3v) is 4.58. The molecule has 1 aromatic carbocycles. The van der Waals surface area contributed by atoms with E-state index in [9.17, 15) is 4.39 Å². The van der Waals surface area contributed by atoms with Gasteiger partial charge in [-0.3, -0.25) is 4.90 Å². The van der Waals surface area contributed by atoms with Gasteiger partial charge in [0, 0.05) is 31.7 Å². The molecule has 110 valence electrons. The number of nitrogens with zero attached hydrogens (tertiary/aromatic N) is 2. The summed E-state index contributed by atoms with van der Waals surface area (Å²) in [5, 5.41) is 0. The van der Waals surface area contributed by atoms with Crippen LogP contribution < -0.4 is 10.6 Å². The van der Waals surface area contributed by atoms with Crippen LogP contribution in [0.25, 0.3) is 0 Å². The molecule has 2 rings (SSSR count). The number of benzene rings is 1. The van der Waals surface area contributed by atoms with E-state index in [1.165, 1.54) is 0 Å². The van der Waals surface area contributed by atoms with Gasteiger partial charge < -0.3 is 10.6 Å². The van der Waals surface area contributed by atoms with E-state index in [4.69, 9.17) is 18.0 Å². The zero-order valence-electron chi connectivity index (χ0n) is 11.5. The van der Waals surface area contributed by atoms with Crippen molar-refractivity contribution in [3.05, 3.63) is 28.0 Å². The van der Waals surface area contributed by atoms with E-state index in [1.807, 2.05) is 0 Å². The molecule has 2 N–H and O–H groups in total. The Balaban J connectivity index is 2.15.